The first-order valence-electron chi connectivity index (χ1n) is 8.72. The Balaban J connectivity index is 1.48. The van der Waals surface area contributed by atoms with E-state index < -0.39 is 0 Å². The molecule has 1 fully saturated rings. The van der Waals surface area contributed by atoms with Crippen LogP contribution < -0.4 is 9.47 Å². The summed E-state index contributed by atoms with van der Waals surface area (Å²) in [4.78, 5) is 0. The highest BCUT2D eigenvalue weighted by Gasteiger charge is 2.18. The number of allylic oxidation sites excluding steroid dienone is 2. The van der Waals surface area contributed by atoms with Gasteiger partial charge in [0.2, 0.25) is 6.79 Å². The molecule has 130 valence electrons. The third-order valence-corrected chi connectivity index (χ3v) is 5.00. The maximum atomic E-state index is 5.42. The van der Waals surface area contributed by atoms with E-state index in [1.807, 2.05) is 42.5 Å². The first-order valence-corrected chi connectivity index (χ1v) is 9.13. The molecule has 2 aromatic rings. The van der Waals surface area contributed by atoms with Crippen LogP contribution in [0.1, 0.15) is 49.5 Å². The molecule has 0 saturated heterocycles. The summed E-state index contributed by atoms with van der Waals surface area (Å²) in [6.45, 7) is 0.298. The van der Waals surface area contributed by atoms with Crippen LogP contribution in [0.25, 0.3) is 12.2 Å². The van der Waals surface area contributed by atoms with E-state index in [0.717, 1.165) is 22.9 Å². The zero-order valence-corrected chi connectivity index (χ0v) is 14.8. The highest BCUT2D eigenvalue weighted by Crippen LogP contribution is 2.33. The van der Waals surface area contributed by atoms with Crippen molar-refractivity contribution in [2.24, 2.45) is 0 Å². The van der Waals surface area contributed by atoms with Gasteiger partial charge in [0.15, 0.2) is 22.1 Å². The number of benzene rings is 1. The van der Waals surface area contributed by atoms with Gasteiger partial charge in [0.1, 0.15) is 0 Å². The standard InChI is InChI=1S/C19H21N3O2S/c25-19-21-20-18(22(19)15-7-2-1-3-8-15)9-5-4-6-14-10-11-16-17(12-14)24-13-23-16/h4-6,9-12,15H,1-3,7-8,13H2,(H,21,25)/b6-4+,9-5+. The van der Waals surface area contributed by atoms with E-state index >= 15 is 0 Å². The summed E-state index contributed by atoms with van der Waals surface area (Å²) >= 11 is 5.42. The molecule has 25 heavy (non-hydrogen) atoms. The molecule has 0 amide bonds. The van der Waals surface area contributed by atoms with Crippen molar-refractivity contribution in [3.63, 3.8) is 0 Å². The molecular weight excluding hydrogens is 334 g/mol. The molecule has 1 aromatic heterocycles. The van der Waals surface area contributed by atoms with Crippen molar-refractivity contribution < 1.29 is 9.47 Å². The third kappa shape index (κ3) is 3.54. The second-order valence-corrected chi connectivity index (χ2v) is 6.77. The minimum atomic E-state index is 0.298. The van der Waals surface area contributed by atoms with Gasteiger partial charge in [-0.05, 0) is 48.8 Å². The topological polar surface area (TPSA) is 52.1 Å². The number of H-pyrrole nitrogens is 1. The molecular formula is C19H21N3O2S. The average Bonchev–Trinajstić information content (AvgIpc) is 3.25. The predicted octanol–water partition coefficient (Wildman–Crippen LogP) is 4.90. The Labute approximate surface area is 152 Å². The molecule has 0 bridgehead atoms. The summed E-state index contributed by atoms with van der Waals surface area (Å²) in [5.74, 6) is 2.49. The number of hydrogen-bond acceptors (Lipinski definition) is 4. The fourth-order valence-corrected chi connectivity index (χ4v) is 3.74. The zero-order chi connectivity index (χ0) is 17.1. The molecule has 2 aliphatic rings. The van der Waals surface area contributed by atoms with Crippen LogP contribution in [-0.4, -0.2) is 21.6 Å². The SMILES string of the molecule is S=c1[nH]nc(/C=C/C=C/c2ccc3c(c2)OCO3)n1C1CCCCC1. The molecule has 0 atom stereocenters. The molecule has 6 heteroatoms. The Morgan fingerprint density at radius 2 is 1.88 bits per heavy atom. The summed E-state index contributed by atoms with van der Waals surface area (Å²) in [5, 5.41) is 7.30. The number of nitrogens with one attached hydrogen (secondary N) is 1. The molecule has 2 heterocycles. The van der Waals surface area contributed by atoms with E-state index in [1.165, 1.54) is 32.1 Å². The van der Waals surface area contributed by atoms with Crippen LogP contribution in [0.15, 0.2) is 30.4 Å². The molecule has 0 spiro atoms. The number of fused-ring (bicyclic) bond motifs is 1. The first kappa shape index (κ1) is 16.1. The molecule has 1 saturated carbocycles. The van der Waals surface area contributed by atoms with Gasteiger partial charge in [-0.15, -0.1) is 0 Å². The van der Waals surface area contributed by atoms with E-state index in [1.54, 1.807) is 0 Å². The van der Waals surface area contributed by atoms with Crippen molar-refractivity contribution in [2.45, 2.75) is 38.1 Å². The van der Waals surface area contributed by atoms with Crippen LogP contribution in [0, 0.1) is 4.77 Å². The Morgan fingerprint density at radius 1 is 1.08 bits per heavy atom. The number of nitrogens with zero attached hydrogens (tertiary/aromatic N) is 2. The molecule has 1 N–H and O–H groups in total. The van der Waals surface area contributed by atoms with Crippen LogP contribution in [0.3, 0.4) is 0 Å². The second kappa shape index (κ2) is 7.27. The fraction of sp³-hybridized carbons (Fsp3) is 0.368. The van der Waals surface area contributed by atoms with Crippen LogP contribution in [0.5, 0.6) is 11.5 Å². The number of aromatic nitrogens is 3. The van der Waals surface area contributed by atoms with Gasteiger partial charge in [-0.1, -0.05) is 43.6 Å². The summed E-state index contributed by atoms with van der Waals surface area (Å²) in [6, 6.07) is 6.39. The van der Waals surface area contributed by atoms with Crippen molar-refractivity contribution in [3.05, 3.63) is 46.5 Å². The van der Waals surface area contributed by atoms with E-state index in [4.69, 9.17) is 21.7 Å². The average molecular weight is 355 g/mol. The Hall–Kier alpha value is -2.34. The van der Waals surface area contributed by atoms with Gasteiger partial charge >= 0.3 is 0 Å². The quantitative estimate of drug-likeness (QED) is 0.626. The van der Waals surface area contributed by atoms with Gasteiger partial charge in [0.05, 0.1) is 0 Å². The number of hydrogen-bond donors (Lipinski definition) is 1. The third-order valence-electron chi connectivity index (χ3n) is 4.71. The van der Waals surface area contributed by atoms with Gasteiger partial charge in [0, 0.05) is 6.04 Å². The van der Waals surface area contributed by atoms with E-state index in [0.29, 0.717) is 17.6 Å². The second-order valence-electron chi connectivity index (χ2n) is 6.38. The van der Waals surface area contributed by atoms with Crippen molar-refractivity contribution in [3.8, 4) is 11.5 Å². The van der Waals surface area contributed by atoms with Gasteiger partial charge < -0.3 is 9.47 Å². The van der Waals surface area contributed by atoms with Crippen LogP contribution in [-0.2, 0) is 0 Å². The van der Waals surface area contributed by atoms with Gasteiger partial charge in [-0.2, -0.15) is 5.10 Å². The molecule has 1 aliphatic carbocycles. The minimum absolute atomic E-state index is 0.298. The van der Waals surface area contributed by atoms with Gasteiger partial charge in [-0.25, -0.2) is 0 Å². The molecule has 4 rings (SSSR count). The normalized spacial score (nSPS) is 17.8. The summed E-state index contributed by atoms with van der Waals surface area (Å²) in [7, 11) is 0. The lowest BCUT2D eigenvalue weighted by molar-refractivity contribution is 0.174. The summed E-state index contributed by atoms with van der Waals surface area (Å²) in [5.41, 5.74) is 1.07. The largest absolute Gasteiger partial charge is 0.454 e. The predicted molar refractivity (Wildman–Crippen MR) is 100 cm³/mol. The van der Waals surface area contributed by atoms with Crippen LogP contribution in [0.2, 0.25) is 0 Å². The molecule has 1 aliphatic heterocycles. The lowest BCUT2D eigenvalue weighted by Crippen LogP contribution is -2.14. The summed E-state index contributed by atoms with van der Waals surface area (Å²) in [6.07, 6.45) is 14.3. The van der Waals surface area contributed by atoms with E-state index in [2.05, 4.69) is 14.8 Å². The summed E-state index contributed by atoms with van der Waals surface area (Å²) < 4.78 is 13.6. The lowest BCUT2D eigenvalue weighted by Gasteiger charge is -2.23. The first-order chi connectivity index (χ1) is 12.3. The zero-order valence-electron chi connectivity index (χ0n) is 14.0. The smallest absolute Gasteiger partial charge is 0.231 e. The van der Waals surface area contributed by atoms with E-state index in [9.17, 15) is 0 Å². The molecule has 0 radical (unpaired) electrons. The Bertz CT molecular complexity index is 860. The Morgan fingerprint density at radius 3 is 2.76 bits per heavy atom. The van der Waals surface area contributed by atoms with Crippen molar-refractivity contribution >= 4 is 24.4 Å². The highest BCUT2D eigenvalue weighted by molar-refractivity contribution is 7.71. The lowest BCUT2D eigenvalue weighted by atomic mass is 9.95. The maximum absolute atomic E-state index is 5.42. The molecule has 1 aromatic carbocycles. The van der Waals surface area contributed by atoms with E-state index in [-0.39, 0.29) is 0 Å². The number of ether oxygens (including phenoxy) is 2. The van der Waals surface area contributed by atoms with Crippen LogP contribution >= 0.6 is 12.2 Å². The fourth-order valence-electron chi connectivity index (χ4n) is 3.45. The van der Waals surface area contributed by atoms with Gasteiger partial charge in [-0.3, -0.25) is 9.67 Å². The number of aromatic amines is 1. The van der Waals surface area contributed by atoms with Crippen molar-refractivity contribution in [1.82, 2.24) is 14.8 Å². The van der Waals surface area contributed by atoms with Crippen molar-refractivity contribution in [1.29, 1.82) is 0 Å². The minimum Gasteiger partial charge on any atom is -0.454 e. The van der Waals surface area contributed by atoms with Gasteiger partial charge in [0.25, 0.3) is 0 Å². The molecule has 5 nitrogen and oxygen atoms in total. The van der Waals surface area contributed by atoms with Crippen LogP contribution in [0.4, 0.5) is 0 Å². The monoisotopic (exact) mass is 355 g/mol. The van der Waals surface area contributed by atoms with Crippen molar-refractivity contribution in [2.75, 3.05) is 6.79 Å². The molecule has 0 unspecified atom stereocenters. The maximum Gasteiger partial charge on any atom is 0.231 e. The highest BCUT2D eigenvalue weighted by atomic mass is 32.1. The number of rotatable bonds is 4. The Kier molecular flexibility index (Phi) is 4.70.